The molecule has 0 aromatic carbocycles. The van der Waals surface area contributed by atoms with Crippen LogP contribution in [-0.4, -0.2) is 49.0 Å². The molecule has 0 aromatic heterocycles. The Kier molecular flexibility index (Phi) is 6.09. The van der Waals surface area contributed by atoms with Gasteiger partial charge in [-0.1, -0.05) is 0 Å². The average molecular weight is 110 g/mol. The first-order chi connectivity index (χ1) is 2.77. The molecule has 0 aliphatic rings. The summed E-state index contributed by atoms with van der Waals surface area (Å²) in [6, 6.07) is 0. The minimum atomic E-state index is 1.07. The predicted octanol–water partition coefficient (Wildman–Crippen LogP) is 1.76. The average Bonchev–Trinajstić information content (AvgIpc) is 1.35. The Morgan fingerprint density at radius 2 is 2.17 bits per heavy atom. The fourth-order valence-corrected chi connectivity index (χ4v) is 1.48. The van der Waals surface area contributed by atoms with E-state index < -0.39 is 0 Å². The zero-order chi connectivity index (χ0) is 4.99. The van der Waals surface area contributed by atoms with Crippen LogP contribution in [0.15, 0.2) is 0 Å². The summed E-state index contributed by atoms with van der Waals surface area (Å²) in [6.45, 7) is 4.59. The molecule has 0 heterocycles. The van der Waals surface area contributed by atoms with Crippen molar-refractivity contribution in [2.75, 3.05) is 0 Å². The van der Waals surface area contributed by atoms with E-state index in [4.69, 9.17) is 0 Å². The fraction of sp³-hybridized carbons (Fsp3) is 1.00. The van der Waals surface area contributed by atoms with Crippen LogP contribution in [0, 0.1) is 0 Å². The van der Waals surface area contributed by atoms with E-state index in [-0.39, 0.29) is 0 Å². The second-order valence-corrected chi connectivity index (χ2v) is 5.26. The van der Waals surface area contributed by atoms with Crippen molar-refractivity contribution >= 4 is 49.0 Å². The van der Waals surface area contributed by atoms with Crippen molar-refractivity contribution in [1.29, 1.82) is 0 Å². The van der Waals surface area contributed by atoms with E-state index in [0.717, 1.165) is 49.0 Å². The van der Waals surface area contributed by atoms with E-state index in [0.29, 0.717) is 0 Å². The summed E-state index contributed by atoms with van der Waals surface area (Å²) in [4.78, 5) is 0. The second kappa shape index (κ2) is 4.79. The normalized spacial score (nSPS) is 14.7. The molecule has 0 radical (unpaired) electrons. The standard InChI is InChI=1S/C5H11.K/c1-3-5-4-2;/h3H,4-5H2,1-2H3;. The van der Waals surface area contributed by atoms with E-state index in [9.17, 15) is 0 Å². The van der Waals surface area contributed by atoms with Gasteiger partial charge in [-0.05, 0) is 0 Å². The zero-order valence-electron chi connectivity index (χ0n) is 4.99. The summed E-state index contributed by atoms with van der Waals surface area (Å²) in [7, 11) is 0. The fourth-order valence-electron chi connectivity index (χ4n) is 0.577. The molecule has 0 aliphatic heterocycles. The van der Waals surface area contributed by atoms with Crippen LogP contribution in [0.5, 0.6) is 0 Å². The Morgan fingerprint density at radius 1 is 1.67 bits per heavy atom. The SMILES string of the molecule is CCC[CH](C)[K]. The molecule has 0 spiro atoms. The van der Waals surface area contributed by atoms with Gasteiger partial charge in [-0.15, -0.1) is 0 Å². The predicted molar refractivity (Wildman–Crippen MR) is 30.1 cm³/mol. The molecule has 0 saturated heterocycles. The summed E-state index contributed by atoms with van der Waals surface area (Å²) >= 11 is 1.07. The molecule has 1 unspecified atom stereocenters. The van der Waals surface area contributed by atoms with E-state index in [1.807, 2.05) is 0 Å². The maximum absolute atomic E-state index is 2.34. The molecule has 0 aromatic rings. The Morgan fingerprint density at radius 3 is 2.17 bits per heavy atom. The quantitative estimate of drug-likeness (QED) is 0.475. The third-order valence-corrected chi connectivity index (χ3v) is 1.77. The topological polar surface area (TPSA) is 0 Å². The van der Waals surface area contributed by atoms with Gasteiger partial charge in [-0.3, -0.25) is 0 Å². The van der Waals surface area contributed by atoms with Gasteiger partial charge in [0, 0.05) is 0 Å². The first-order valence-electron chi connectivity index (χ1n) is 2.77. The molecule has 0 aliphatic carbocycles. The van der Waals surface area contributed by atoms with Gasteiger partial charge in [0.15, 0.2) is 0 Å². The van der Waals surface area contributed by atoms with Crippen LogP contribution >= 0.6 is 0 Å². The van der Waals surface area contributed by atoms with Crippen molar-refractivity contribution in [1.82, 2.24) is 0 Å². The summed E-state index contributed by atoms with van der Waals surface area (Å²) in [5, 5.41) is 0. The van der Waals surface area contributed by atoms with Crippen LogP contribution in [0.3, 0.4) is 0 Å². The Labute approximate surface area is 74.3 Å². The van der Waals surface area contributed by atoms with Crippen LogP contribution in [0.1, 0.15) is 26.7 Å². The van der Waals surface area contributed by atoms with Gasteiger partial charge >= 0.3 is 75.7 Å². The molecular weight excluding hydrogens is 99.2 g/mol. The van der Waals surface area contributed by atoms with Crippen molar-refractivity contribution in [3.8, 4) is 0 Å². The van der Waals surface area contributed by atoms with Crippen molar-refractivity contribution in [2.45, 2.75) is 26.7 Å². The van der Waals surface area contributed by atoms with E-state index in [1.165, 1.54) is 12.8 Å². The molecule has 6 heavy (non-hydrogen) atoms. The molecule has 0 saturated carbocycles. The second-order valence-electron chi connectivity index (χ2n) is 2.18. The van der Waals surface area contributed by atoms with Crippen LogP contribution < -0.4 is 0 Å². The van der Waals surface area contributed by atoms with Crippen molar-refractivity contribution in [3.63, 3.8) is 0 Å². The molecule has 0 fully saturated rings. The van der Waals surface area contributed by atoms with Crippen LogP contribution in [0.4, 0.5) is 0 Å². The molecule has 1 atom stereocenters. The molecule has 0 N–H and O–H groups in total. The third kappa shape index (κ3) is 5.64. The number of rotatable bonds is 2. The van der Waals surface area contributed by atoms with Crippen LogP contribution in [0.2, 0.25) is 0.0125 Å². The molecule has 0 bridgehead atoms. The van der Waals surface area contributed by atoms with E-state index in [1.54, 1.807) is 0 Å². The Hall–Kier alpha value is 1.64. The van der Waals surface area contributed by atoms with Crippen LogP contribution in [0.25, 0.3) is 0 Å². The first kappa shape index (κ1) is 7.64. The van der Waals surface area contributed by atoms with Gasteiger partial charge < -0.3 is 0 Å². The van der Waals surface area contributed by atoms with E-state index in [2.05, 4.69) is 13.8 Å². The van der Waals surface area contributed by atoms with Gasteiger partial charge in [0.1, 0.15) is 0 Å². The Balaban J connectivity index is 2.63. The van der Waals surface area contributed by atoms with Crippen LogP contribution in [-0.2, 0) is 0 Å². The molecule has 32 valence electrons. The molecule has 0 nitrogen and oxygen atoms in total. The maximum atomic E-state index is 2.34. The molecule has 0 amide bonds. The summed E-state index contributed by atoms with van der Waals surface area (Å²) in [5.74, 6) is 0. The third-order valence-electron chi connectivity index (χ3n) is 0.866. The monoisotopic (exact) mass is 110 g/mol. The van der Waals surface area contributed by atoms with Crippen molar-refractivity contribution in [2.24, 2.45) is 0 Å². The van der Waals surface area contributed by atoms with Crippen molar-refractivity contribution in [3.05, 3.63) is 0 Å². The number of hydrogen-bond donors (Lipinski definition) is 0. The molecule has 0 rings (SSSR count). The van der Waals surface area contributed by atoms with Gasteiger partial charge in [0.2, 0.25) is 0 Å². The summed E-state index contributed by atoms with van der Waals surface area (Å²) in [5.41, 5.74) is 0. The van der Waals surface area contributed by atoms with Gasteiger partial charge in [0.25, 0.3) is 0 Å². The molecular formula is C5H11K. The summed E-state index contributed by atoms with van der Waals surface area (Å²) in [6.07, 6.45) is 2.84. The number of hydrogen-bond acceptors (Lipinski definition) is 0. The minimum absolute atomic E-state index is 1.07. The van der Waals surface area contributed by atoms with E-state index >= 15 is 0 Å². The Bertz CT molecular complexity index is 25.1. The van der Waals surface area contributed by atoms with Crippen molar-refractivity contribution < 1.29 is 0 Å². The molecule has 1 heteroatoms. The van der Waals surface area contributed by atoms with Gasteiger partial charge in [-0.2, -0.15) is 0 Å². The van der Waals surface area contributed by atoms with Gasteiger partial charge in [-0.25, -0.2) is 0 Å². The summed E-state index contributed by atoms with van der Waals surface area (Å²) < 4.78 is 1.09. The zero-order valence-corrected chi connectivity index (χ0v) is 8.11. The first-order valence-corrected chi connectivity index (χ1v) is 4.57. The van der Waals surface area contributed by atoms with Gasteiger partial charge in [0.05, 0.1) is 0 Å².